The second-order valence-corrected chi connectivity index (χ2v) is 5.43. The largest absolute Gasteiger partial charge is 0.395 e. The Bertz CT molecular complexity index is 446. The summed E-state index contributed by atoms with van der Waals surface area (Å²) < 4.78 is 13.0. The molecule has 1 aliphatic heterocycles. The van der Waals surface area contributed by atoms with Crippen molar-refractivity contribution in [1.82, 2.24) is 9.80 Å². The number of β-amino-alcohol motifs (C(OH)–C–C–N with tert-alkyl or cyclic N) is 1. The molecule has 3 N–H and O–H groups in total. The van der Waals surface area contributed by atoms with Gasteiger partial charge in [-0.1, -0.05) is 24.4 Å². The summed E-state index contributed by atoms with van der Waals surface area (Å²) in [5.74, 6) is -0.261. The Morgan fingerprint density at radius 3 is 2.35 bits per heavy atom. The quantitative estimate of drug-likeness (QED) is 0.786. The van der Waals surface area contributed by atoms with Gasteiger partial charge in [0.05, 0.1) is 17.6 Å². The lowest BCUT2D eigenvalue weighted by Crippen LogP contribution is -2.50. The zero-order chi connectivity index (χ0) is 14.5. The van der Waals surface area contributed by atoms with Gasteiger partial charge in [-0.15, -0.1) is 0 Å². The summed E-state index contributed by atoms with van der Waals surface area (Å²) in [6.45, 7) is 4.29. The molecular weight excluding hydrogens is 277 g/mol. The van der Waals surface area contributed by atoms with Crippen LogP contribution in [0.25, 0.3) is 0 Å². The minimum Gasteiger partial charge on any atom is -0.395 e. The van der Waals surface area contributed by atoms with Gasteiger partial charge in [-0.05, 0) is 17.7 Å². The summed E-state index contributed by atoms with van der Waals surface area (Å²) in [6, 6.07) is 6.19. The zero-order valence-corrected chi connectivity index (χ0v) is 12.2. The van der Waals surface area contributed by atoms with Gasteiger partial charge in [0.2, 0.25) is 0 Å². The van der Waals surface area contributed by atoms with Crippen molar-refractivity contribution in [3.05, 3.63) is 35.6 Å². The highest BCUT2D eigenvalue weighted by molar-refractivity contribution is 7.80. The SMILES string of the molecule is NC(=S)C(c1ccc(F)cc1)N1CCN(CCO)CC1. The molecule has 110 valence electrons. The number of thiocarbonyl (C=S) groups is 1. The Kier molecular flexibility index (Phi) is 5.42. The molecule has 2 rings (SSSR count). The van der Waals surface area contributed by atoms with E-state index in [0.717, 1.165) is 31.7 Å². The van der Waals surface area contributed by atoms with E-state index in [4.69, 9.17) is 23.1 Å². The van der Waals surface area contributed by atoms with Crippen molar-refractivity contribution in [1.29, 1.82) is 0 Å². The fourth-order valence-electron chi connectivity index (χ4n) is 2.59. The molecule has 1 aromatic carbocycles. The Hall–Kier alpha value is -1.08. The lowest BCUT2D eigenvalue weighted by Gasteiger charge is -2.38. The van der Waals surface area contributed by atoms with Crippen molar-refractivity contribution < 1.29 is 9.50 Å². The maximum Gasteiger partial charge on any atom is 0.123 e. The van der Waals surface area contributed by atoms with Crippen LogP contribution in [0.2, 0.25) is 0 Å². The summed E-state index contributed by atoms with van der Waals surface area (Å²) in [5, 5.41) is 8.95. The standard InChI is InChI=1S/C14H20FN3OS/c15-12-3-1-11(2-4-12)13(14(16)20)18-7-5-17(6-8-18)9-10-19/h1-4,13,19H,5-10H2,(H2,16,20). The highest BCUT2D eigenvalue weighted by atomic mass is 32.1. The molecule has 1 heterocycles. The molecule has 1 aliphatic rings. The smallest absolute Gasteiger partial charge is 0.123 e. The van der Waals surface area contributed by atoms with Crippen molar-refractivity contribution in [2.75, 3.05) is 39.3 Å². The highest BCUT2D eigenvalue weighted by Gasteiger charge is 2.26. The molecule has 1 unspecified atom stereocenters. The first-order valence-corrected chi connectivity index (χ1v) is 7.14. The molecule has 1 aromatic rings. The molecule has 1 atom stereocenters. The van der Waals surface area contributed by atoms with Gasteiger partial charge in [0.25, 0.3) is 0 Å². The predicted octanol–water partition coefficient (Wildman–Crippen LogP) is 0.763. The predicted molar refractivity (Wildman–Crippen MR) is 81.0 cm³/mol. The van der Waals surface area contributed by atoms with Crippen molar-refractivity contribution in [3.63, 3.8) is 0 Å². The number of nitrogens with zero attached hydrogens (tertiary/aromatic N) is 2. The van der Waals surface area contributed by atoms with Crippen LogP contribution in [0, 0.1) is 5.82 Å². The molecule has 0 bridgehead atoms. The summed E-state index contributed by atoms with van der Waals surface area (Å²) in [6.07, 6.45) is 0. The number of nitrogens with two attached hydrogens (primary N) is 1. The second kappa shape index (κ2) is 7.08. The lowest BCUT2D eigenvalue weighted by atomic mass is 10.0. The molecule has 0 aliphatic carbocycles. The summed E-state index contributed by atoms with van der Waals surface area (Å²) in [5.41, 5.74) is 6.80. The second-order valence-electron chi connectivity index (χ2n) is 4.96. The van der Waals surface area contributed by atoms with E-state index in [9.17, 15) is 4.39 Å². The maximum absolute atomic E-state index is 13.0. The third-order valence-electron chi connectivity index (χ3n) is 3.64. The topological polar surface area (TPSA) is 52.7 Å². The zero-order valence-electron chi connectivity index (χ0n) is 11.3. The molecule has 0 saturated carbocycles. The fraction of sp³-hybridized carbons (Fsp3) is 0.500. The summed E-state index contributed by atoms with van der Waals surface area (Å²) >= 11 is 5.18. The van der Waals surface area contributed by atoms with Crippen LogP contribution in [0.15, 0.2) is 24.3 Å². The maximum atomic E-state index is 13.0. The van der Waals surface area contributed by atoms with Crippen molar-refractivity contribution in [2.24, 2.45) is 5.73 Å². The van der Waals surface area contributed by atoms with Crippen molar-refractivity contribution >= 4 is 17.2 Å². The van der Waals surface area contributed by atoms with Gasteiger partial charge < -0.3 is 10.8 Å². The first kappa shape index (κ1) is 15.3. The number of piperazine rings is 1. The van der Waals surface area contributed by atoms with Crippen LogP contribution < -0.4 is 5.73 Å². The Balaban J connectivity index is 2.07. The molecule has 0 amide bonds. The third-order valence-corrected chi connectivity index (χ3v) is 3.87. The van der Waals surface area contributed by atoms with E-state index in [-0.39, 0.29) is 18.5 Å². The van der Waals surface area contributed by atoms with Crippen molar-refractivity contribution in [2.45, 2.75) is 6.04 Å². The fourth-order valence-corrected chi connectivity index (χ4v) is 2.87. The summed E-state index contributed by atoms with van der Waals surface area (Å²) in [7, 11) is 0. The highest BCUT2D eigenvalue weighted by Crippen LogP contribution is 2.23. The van der Waals surface area contributed by atoms with E-state index in [1.165, 1.54) is 12.1 Å². The van der Waals surface area contributed by atoms with E-state index in [1.54, 1.807) is 12.1 Å². The van der Waals surface area contributed by atoms with Crippen LogP contribution in [0.3, 0.4) is 0 Å². The van der Waals surface area contributed by atoms with Crippen LogP contribution in [-0.4, -0.2) is 59.2 Å². The van der Waals surface area contributed by atoms with Crippen LogP contribution in [0.1, 0.15) is 11.6 Å². The van der Waals surface area contributed by atoms with Crippen LogP contribution in [0.4, 0.5) is 4.39 Å². The average molecular weight is 297 g/mol. The number of aliphatic hydroxyl groups is 1. The molecule has 0 radical (unpaired) electrons. The number of benzene rings is 1. The first-order valence-electron chi connectivity index (χ1n) is 6.74. The van der Waals surface area contributed by atoms with E-state index in [0.29, 0.717) is 11.5 Å². The molecule has 0 aromatic heterocycles. The van der Waals surface area contributed by atoms with E-state index in [1.807, 2.05) is 0 Å². The molecule has 20 heavy (non-hydrogen) atoms. The lowest BCUT2D eigenvalue weighted by molar-refractivity contribution is 0.101. The molecule has 1 fully saturated rings. The molecule has 0 spiro atoms. The van der Waals surface area contributed by atoms with Gasteiger partial charge in [-0.25, -0.2) is 4.39 Å². The first-order chi connectivity index (χ1) is 9.61. The molecular formula is C14H20FN3OS. The minimum atomic E-state index is -0.261. The van der Waals surface area contributed by atoms with Crippen molar-refractivity contribution in [3.8, 4) is 0 Å². The average Bonchev–Trinajstić information content (AvgIpc) is 2.43. The Morgan fingerprint density at radius 1 is 1.25 bits per heavy atom. The Morgan fingerprint density at radius 2 is 1.85 bits per heavy atom. The molecule has 6 heteroatoms. The van der Waals surface area contributed by atoms with Gasteiger partial charge in [0, 0.05) is 32.7 Å². The number of rotatable bonds is 5. The van der Waals surface area contributed by atoms with Gasteiger partial charge in [-0.2, -0.15) is 0 Å². The number of aliphatic hydroxyl groups excluding tert-OH is 1. The summed E-state index contributed by atoms with van der Waals surface area (Å²) in [4.78, 5) is 4.83. The number of halogens is 1. The van der Waals surface area contributed by atoms with E-state index >= 15 is 0 Å². The van der Waals surface area contributed by atoms with Gasteiger partial charge in [0.15, 0.2) is 0 Å². The number of hydrogen-bond donors (Lipinski definition) is 2. The van der Waals surface area contributed by atoms with E-state index in [2.05, 4.69) is 9.80 Å². The van der Waals surface area contributed by atoms with Crippen LogP contribution in [-0.2, 0) is 0 Å². The van der Waals surface area contributed by atoms with Gasteiger partial charge in [-0.3, -0.25) is 9.80 Å². The minimum absolute atomic E-state index is 0.151. The normalized spacial score (nSPS) is 18.9. The van der Waals surface area contributed by atoms with E-state index < -0.39 is 0 Å². The van der Waals surface area contributed by atoms with Crippen LogP contribution >= 0.6 is 12.2 Å². The molecule has 1 saturated heterocycles. The van der Waals surface area contributed by atoms with Crippen LogP contribution in [0.5, 0.6) is 0 Å². The monoisotopic (exact) mass is 297 g/mol. The van der Waals surface area contributed by atoms with Gasteiger partial charge >= 0.3 is 0 Å². The Labute approximate surface area is 124 Å². The third kappa shape index (κ3) is 3.73. The molecule has 4 nitrogen and oxygen atoms in total. The number of hydrogen-bond acceptors (Lipinski definition) is 4. The van der Waals surface area contributed by atoms with Gasteiger partial charge in [0.1, 0.15) is 5.82 Å².